The Morgan fingerprint density at radius 1 is 1.24 bits per heavy atom. The maximum atomic E-state index is 11.6. The Labute approximate surface area is 104 Å². The van der Waals surface area contributed by atoms with Gasteiger partial charge in [0.1, 0.15) is 0 Å². The molecule has 0 atom stereocenters. The van der Waals surface area contributed by atoms with Gasteiger partial charge >= 0.3 is 0 Å². The van der Waals surface area contributed by atoms with E-state index in [1.165, 1.54) is 0 Å². The van der Waals surface area contributed by atoms with Gasteiger partial charge in [-0.1, -0.05) is 23.7 Å². The quantitative estimate of drug-likeness (QED) is 0.703. The third kappa shape index (κ3) is 4.42. The molecule has 1 aromatic carbocycles. The molecule has 0 bridgehead atoms. The van der Waals surface area contributed by atoms with Gasteiger partial charge in [0.15, 0.2) is 0 Å². The second-order valence-electron chi connectivity index (χ2n) is 3.24. The van der Waals surface area contributed by atoms with E-state index in [1.807, 2.05) is 0 Å². The summed E-state index contributed by atoms with van der Waals surface area (Å²) in [6.07, 6.45) is 0. The number of nitrogens with one attached hydrogen (secondary N) is 2. The van der Waals surface area contributed by atoms with Crippen molar-refractivity contribution in [2.24, 2.45) is 0 Å². The van der Waals surface area contributed by atoms with Gasteiger partial charge in [0.2, 0.25) is 5.91 Å². The molecule has 0 unspecified atom stereocenters. The smallest absolute Gasteiger partial charge is 0.253 e. The fourth-order valence-corrected chi connectivity index (χ4v) is 1.38. The summed E-state index contributed by atoms with van der Waals surface area (Å²) in [5, 5.41) is 13.7. The molecule has 0 fully saturated rings. The van der Waals surface area contributed by atoms with Crippen molar-refractivity contribution in [2.75, 3.05) is 19.7 Å². The van der Waals surface area contributed by atoms with Crippen LogP contribution in [-0.4, -0.2) is 36.6 Å². The van der Waals surface area contributed by atoms with Crippen molar-refractivity contribution in [1.29, 1.82) is 0 Å². The number of halogens is 1. The van der Waals surface area contributed by atoms with Crippen LogP contribution in [0.25, 0.3) is 0 Å². The first-order valence-corrected chi connectivity index (χ1v) is 5.43. The lowest BCUT2D eigenvalue weighted by molar-refractivity contribution is -0.120. The molecule has 2 amide bonds. The highest BCUT2D eigenvalue weighted by Gasteiger charge is 2.10. The van der Waals surface area contributed by atoms with Crippen LogP contribution in [0.5, 0.6) is 0 Å². The molecule has 0 aliphatic carbocycles. The van der Waals surface area contributed by atoms with Crippen molar-refractivity contribution >= 4 is 23.4 Å². The van der Waals surface area contributed by atoms with Gasteiger partial charge in [-0.15, -0.1) is 0 Å². The molecule has 6 heteroatoms. The number of amides is 2. The van der Waals surface area contributed by atoms with Gasteiger partial charge in [0, 0.05) is 6.54 Å². The molecule has 0 aromatic heterocycles. The van der Waals surface area contributed by atoms with Crippen LogP contribution >= 0.6 is 11.6 Å². The number of hydrogen-bond donors (Lipinski definition) is 3. The fraction of sp³-hybridized carbons (Fsp3) is 0.273. The van der Waals surface area contributed by atoms with Crippen molar-refractivity contribution in [3.63, 3.8) is 0 Å². The van der Waals surface area contributed by atoms with Crippen molar-refractivity contribution in [1.82, 2.24) is 10.6 Å². The highest BCUT2D eigenvalue weighted by molar-refractivity contribution is 6.33. The predicted octanol–water partition coefficient (Wildman–Crippen LogP) is 0.178. The largest absolute Gasteiger partial charge is 0.395 e. The first kappa shape index (κ1) is 13.5. The molecule has 5 nitrogen and oxygen atoms in total. The van der Waals surface area contributed by atoms with Crippen LogP contribution < -0.4 is 10.6 Å². The number of aliphatic hydroxyl groups is 1. The van der Waals surface area contributed by atoms with E-state index in [1.54, 1.807) is 24.3 Å². The second-order valence-corrected chi connectivity index (χ2v) is 3.64. The summed E-state index contributed by atoms with van der Waals surface area (Å²) >= 11 is 5.82. The molecular weight excluding hydrogens is 244 g/mol. The third-order valence-electron chi connectivity index (χ3n) is 1.96. The topological polar surface area (TPSA) is 78.4 Å². The van der Waals surface area contributed by atoms with Crippen LogP contribution in [0.4, 0.5) is 0 Å². The summed E-state index contributed by atoms with van der Waals surface area (Å²) in [6.45, 7) is -0.116. The van der Waals surface area contributed by atoms with Crippen LogP contribution in [0.3, 0.4) is 0 Å². The Balaban J connectivity index is 2.45. The Kier molecular flexibility index (Phi) is 5.45. The van der Waals surface area contributed by atoms with Gasteiger partial charge in [0.05, 0.1) is 23.7 Å². The zero-order valence-electron chi connectivity index (χ0n) is 9.07. The van der Waals surface area contributed by atoms with E-state index >= 15 is 0 Å². The van der Waals surface area contributed by atoms with Crippen LogP contribution in [-0.2, 0) is 4.79 Å². The van der Waals surface area contributed by atoms with E-state index in [2.05, 4.69) is 10.6 Å². The van der Waals surface area contributed by atoms with Gasteiger partial charge in [-0.25, -0.2) is 0 Å². The molecule has 1 rings (SSSR count). The Hall–Kier alpha value is -1.59. The van der Waals surface area contributed by atoms with Gasteiger partial charge in [-0.05, 0) is 12.1 Å². The molecule has 0 heterocycles. The number of benzene rings is 1. The average Bonchev–Trinajstić information content (AvgIpc) is 2.34. The monoisotopic (exact) mass is 256 g/mol. The van der Waals surface area contributed by atoms with Gasteiger partial charge in [0.25, 0.3) is 5.91 Å². The van der Waals surface area contributed by atoms with Crippen molar-refractivity contribution in [2.45, 2.75) is 0 Å². The number of hydrogen-bond acceptors (Lipinski definition) is 3. The number of carbonyl (C=O) groups is 2. The molecule has 0 aliphatic rings. The van der Waals surface area contributed by atoms with E-state index in [0.717, 1.165) is 0 Å². The zero-order chi connectivity index (χ0) is 12.7. The highest BCUT2D eigenvalue weighted by atomic mass is 35.5. The maximum absolute atomic E-state index is 11.6. The van der Waals surface area contributed by atoms with E-state index < -0.39 is 5.91 Å². The molecular formula is C11H13ClN2O3. The number of rotatable bonds is 5. The second kappa shape index (κ2) is 6.88. The minimum absolute atomic E-state index is 0.135. The van der Waals surface area contributed by atoms with Crippen LogP contribution in [0.1, 0.15) is 10.4 Å². The molecule has 1 aromatic rings. The van der Waals surface area contributed by atoms with E-state index in [0.29, 0.717) is 10.6 Å². The molecule has 92 valence electrons. The van der Waals surface area contributed by atoms with Crippen molar-refractivity contribution in [3.05, 3.63) is 34.9 Å². The molecule has 0 aliphatic heterocycles. The van der Waals surface area contributed by atoms with Crippen molar-refractivity contribution < 1.29 is 14.7 Å². The molecule has 0 saturated heterocycles. The Morgan fingerprint density at radius 3 is 2.59 bits per heavy atom. The van der Waals surface area contributed by atoms with E-state index in [4.69, 9.17) is 16.7 Å². The first-order chi connectivity index (χ1) is 8.15. The lowest BCUT2D eigenvalue weighted by atomic mass is 10.2. The normalized spacial score (nSPS) is 9.76. The van der Waals surface area contributed by atoms with Gasteiger partial charge in [-0.2, -0.15) is 0 Å². The first-order valence-electron chi connectivity index (χ1n) is 5.05. The summed E-state index contributed by atoms with van der Waals surface area (Å²) in [7, 11) is 0. The lowest BCUT2D eigenvalue weighted by Crippen LogP contribution is -2.38. The lowest BCUT2D eigenvalue weighted by Gasteiger charge is -2.06. The summed E-state index contributed by atoms with van der Waals surface area (Å²) < 4.78 is 0. The SMILES string of the molecule is O=C(CNC(=O)c1ccccc1Cl)NCCO. The van der Waals surface area contributed by atoms with E-state index in [9.17, 15) is 9.59 Å². The Morgan fingerprint density at radius 2 is 1.94 bits per heavy atom. The summed E-state index contributed by atoms with van der Waals surface area (Å²) in [6, 6.07) is 6.57. The summed E-state index contributed by atoms with van der Waals surface area (Å²) in [4.78, 5) is 22.8. The molecule has 0 saturated carbocycles. The van der Waals surface area contributed by atoms with E-state index in [-0.39, 0.29) is 25.6 Å². The van der Waals surface area contributed by atoms with Crippen LogP contribution in [0.2, 0.25) is 5.02 Å². The summed E-state index contributed by atoms with van der Waals surface area (Å²) in [5.74, 6) is -0.769. The van der Waals surface area contributed by atoms with Crippen molar-refractivity contribution in [3.8, 4) is 0 Å². The predicted molar refractivity (Wildman–Crippen MR) is 63.9 cm³/mol. The summed E-state index contributed by atoms with van der Waals surface area (Å²) in [5.41, 5.74) is 0.323. The minimum atomic E-state index is -0.408. The molecule has 17 heavy (non-hydrogen) atoms. The number of aliphatic hydroxyl groups excluding tert-OH is 1. The third-order valence-corrected chi connectivity index (χ3v) is 2.29. The molecule has 0 radical (unpaired) electrons. The number of carbonyl (C=O) groups excluding carboxylic acids is 2. The Bertz CT molecular complexity index is 409. The van der Waals surface area contributed by atoms with Gasteiger partial charge < -0.3 is 15.7 Å². The minimum Gasteiger partial charge on any atom is -0.395 e. The van der Waals surface area contributed by atoms with Gasteiger partial charge in [-0.3, -0.25) is 9.59 Å². The average molecular weight is 257 g/mol. The highest BCUT2D eigenvalue weighted by Crippen LogP contribution is 2.14. The van der Waals surface area contributed by atoms with Crippen LogP contribution in [0, 0.1) is 0 Å². The zero-order valence-corrected chi connectivity index (χ0v) is 9.83. The molecule has 3 N–H and O–H groups in total. The maximum Gasteiger partial charge on any atom is 0.253 e. The van der Waals surface area contributed by atoms with Crippen LogP contribution in [0.15, 0.2) is 24.3 Å². The standard InChI is InChI=1S/C11H13ClN2O3/c12-9-4-2-1-3-8(9)11(17)14-7-10(16)13-5-6-15/h1-4,15H,5-7H2,(H,13,16)(H,14,17). The fourth-order valence-electron chi connectivity index (χ4n) is 1.16. The molecule has 0 spiro atoms.